The Labute approximate surface area is 166 Å². The number of hydrogen-bond acceptors (Lipinski definition) is 4. The molecule has 0 N–H and O–H groups in total. The van der Waals surface area contributed by atoms with Gasteiger partial charge in [-0.1, -0.05) is 36.4 Å². The predicted octanol–water partition coefficient (Wildman–Crippen LogP) is -1.96. The van der Waals surface area contributed by atoms with Crippen molar-refractivity contribution in [2.24, 2.45) is 0 Å². The van der Waals surface area contributed by atoms with Gasteiger partial charge in [0.1, 0.15) is 5.75 Å². The zero-order valence-electron chi connectivity index (χ0n) is 13.3. The Balaban J connectivity index is -0.000000902. The maximum absolute atomic E-state index is 12.5. The summed E-state index contributed by atoms with van der Waals surface area (Å²) in [5.41, 5.74) is 0. The third kappa shape index (κ3) is 5.73. The smallest absolute Gasteiger partial charge is 1.00 e. The molecule has 0 bridgehead atoms. The number of hydrogen-bond donors (Lipinski definition) is 0. The van der Waals surface area contributed by atoms with E-state index >= 15 is 0 Å². The monoisotopic (exact) mass is 328 g/mol. The van der Waals surface area contributed by atoms with Gasteiger partial charge in [0.2, 0.25) is 0 Å². The molecule has 0 saturated carbocycles. The SMILES string of the molecule is O=POP(=O)(Oc1ccccc1)c1ccccc1.[H-].[H-].[Na+].[Na+]. The summed E-state index contributed by atoms with van der Waals surface area (Å²) in [4.78, 5) is 0. The normalized spacial score (nSPS) is 12.6. The average molecular weight is 328 g/mol. The Morgan fingerprint density at radius 1 is 0.900 bits per heavy atom. The Bertz CT molecular complexity index is 576. The standard InChI is InChI=1S/C12H10O4P2.2Na.2H/c13-17-16-18(14,12-9-5-2-6-10-12)15-11-7-3-1-4-8-11;;;;/h1-10H;;;;/q;2*+1;2*-1. The van der Waals surface area contributed by atoms with Gasteiger partial charge in [0, 0.05) is 0 Å². The van der Waals surface area contributed by atoms with Crippen molar-refractivity contribution >= 4 is 21.6 Å². The van der Waals surface area contributed by atoms with Crippen LogP contribution >= 0.6 is 16.3 Å². The molecule has 8 heteroatoms. The first-order valence-electron chi connectivity index (χ1n) is 5.16. The molecule has 0 spiro atoms. The molecule has 1 atom stereocenters. The Morgan fingerprint density at radius 2 is 1.40 bits per heavy atom. The Hall–Kier alpha value is 0.530. The third-order valence-corrected chi connectivity index (χ3v) is 4.69. The summed E-state index contributed by atoms with van der Waals surface area (Å²) < 4.78 is 33.3. The van der Waals surface area contributed by atoms with Crippen LogP contribution in [0.1, 0.15) is 2.85 Å². The van der Waals surface area contributed by atoms with E-state index in [1.807, 2.05) is 6.07 Å². The zero-order chi connectivity index (χ0) is 12.8. The second-order valence-corrected chi connectivity index (χ2v) is 5.89. The molecule has 0 heterocycles. The summed E-state index contributed by atoms with van der Waals surface area (Å²) in [5, 5.41) is 0.359. The van der Waals surface area contributed by atoms with Crippen molar-refractivity contribution in [2.45, 2.75) is 0 Å². The van der Waals surface area contributed by atoms with E-state index in [-0.39, 0.29) is 62.0 Å². The molecule has 0 amide bonds. The first-order valence-corrected chi connectivity index (χ1v) is 7.43. The molecule has 1 unspecified atom stereocenters. The molecule has 0 aliphatic rings. The van der Waals surface area contributed by atoms with Crippen LogP contribution in [0.2, 0.25) is 0 Å². The summed E-state index contributed by atoms with van der Waals surface area (Å²) in [6.07, 6.45) is 0. The van der Waals surface area contributed by atoms with E-state index in [2.05, 4.69) is 0 Å². The molecule has 0 saturated heterocycles. The van der Waals surface area contributed by atoms with Crippen molar-refractivity contribution < 1.29 is 79.9 Å². The largest absolute Gasteiger partial charge is 1.00 e. The quantitative estimate of drug-likeness (QED) is 0.473. The molecular weight excluding hydrogens is 316 g/mol. The summed E-state index contributed by atoms with van der Waals surface area (Å²) in [7, 11) is -4.30. The van der Waals surface area contributed by atoms with Gasteiger partial charge in [-0.25, -0.2) is 13.4 Å². The van der Waals surface area contributed by atoms with E-state index in [1.165, 1.54) is 0 Å². The van der Waals surface area contributed by atoms with Gasteiger partial charge < -0.3 is 7.38 Å². The van der Waals surface area contributed by atoms with Crippen LogP contribution < -0.4 is 68.9 Å². The maximum Gasteiger partial charge on any atom is 1.00 e. The Kier molecular flexibility index (Phi) is 10.6. The molecule has 2 aromatic rings. The van der Waals surface area contributed by atoms with E-state index in [0.717, 1.165) is 0 Å². The minimum absolute atomic E-state index is 0. The predicted molar refractivity (Wildman–Crippen MR) is 71.7 cm³/mol. The number of rotatable bonds is 5. The van der Waals surface area contributed by atoms with Gasteiger partial charge in [-0.05, 0) is 24.3 Å². The topological polar surface area (TPSA) is 52.6 Å². The van der Waals surface area contributed by atoms with Crippen LogP contribution in [0.5, 0.6) is 5.75 Å². The second-order valence-electron chi connectivity index (χ2n) is 3.39. The summed E-state index contributed by atoms with van der Waals surface area (Å²) >= 11 is 0. The molecule has 0 aliphatic heterocycles. The molecule has 2 rings (SSSR count). The third-order valence-electron chi connectivity index (χ3n) is 2.18. The van der Waals surface area contributed by atoms with Gasteiger partial charge >= 0.3 is 75.4 Å². The van der Waals surface area contributed by atoms with Crippen LogP contribution in [0.25, 0.3) is 0 Å². The van der Waals surface area contributed by atoms with Crippen molar-refractivity contribution in [3.63, 3.8) is 0 Å². The molecule has 2 aromatic carbocycles. The summed E-state index contributed by atoms with van der Waals surface area (Å²) in [6, 6.07) is 17.0. The van der Waals surface area contributed by atoms with Crippen molar-refractivity contribution in [2.75, 3.05) is 0 Å². The average Bonchev–Trinajstić information content (AvgIpc) is 2.41. The molecule has 0 aliphatic carbocycles. The summed E-state index contributed by atoms with van der Waals surface area (Å²) in [6.45, 7) is 0. The van der Waals surface area contributed by atoms with Crippen LogP contribution in [-0.4, -0.2) is 0 Å². The minimum Gasteiger partial charge on any atom is -1.00 e. The van der Waals surface area contributed by atoms with Gasteiger partial charge in [0.05, 0.1) is 5.30 Å². The first kappa shape index (κ1) is 20.5. The molecular formula is C12H12Na2O4P2. The van der Waals surface area contributed by atoms with Crippen molar-refractivity contribution in [1.29, 1.82) is 0 Å². The molecule has 96 valence electrons. The second kappa shape index (κ2) is 10.3. The fraction of sp³-hybridized carbons (Fsp3) is 0. The molecule has 0 aromatic heterocycles. The van der Waals surface area contributed by atoms with Gasteiger partial charge in [-0.3, -0.25) is 0 Å². The van der Waals surface area contributed by atoms with E-state index in [4.69, 9.17) is 8.83 Å². The van der Waals surface area contributed by atoms with Crippen molar-refractivity contribution in [1.82, 2.24) is 0 Å². The van der Waals surface area contributed by atoms with Gasteiger partial charge in [-0.15, -0.1) is 0 Å². The zero-order valence-corrected chi connectivity index (χ0v) is 17.1. The molecule has 0 fully saturated rings. The Morgan fingerprint density at radius 3 is 1.90 bits per heavy atom. The fourth-order valence-corrected chi connectivity index (χ4v) is 3.29. The van der Waals surface area contributed by atoms with Crippen molar-refractivity contribution in [3.05, 3.63) is 60.7 Å². The van der Waals surface area contributed by atoms with E-state index in [1.54, 1.807) is 54.6 Å². The van der Waals surface area contributed by atoms with Crippen LogP contribution in [0.4, 0.5) is 0 Å². The van der Waals surface area contributed by atoms with Crippen LogP contribution in [0.15, 0.2) is 60.7 Å². The molecule has 20 heavy (non-hydrogen) atoms. The van der Waals surface area contributed by atoms with E-state index in [9.17, 15) is 9.13 Å². The number of benzene rings is 2. The van der Waals surface area contributed by atoms with Crippen LogP contribution in [0.3, 0.4) is 0 Å². The van der Waals surface area contributed by atoms with E-state index in [0.29, 0.717) is 11.1 Å². The van der Waals surface area contributed by atoms with E-state index < -0.39 is 16.3 Å². The first-order chi connectivity index (χ1) is 8.74. The maximum atomic E-state index is 12.5. The molecule has 0 radical (unpaired) electrons. The van der Waals surface area contributed by atoms with Crippen molar-refractivity contribution in [3.8, 4) is 5.75 Å². The molecule has 4 nitrogen and oxygen atoms in total. The van der Waals surface area contributed by atoms with Crippen LogP contribution in [0, 0.1) is 0 Å². The van der Waals surface area contributed by atoms with Crippen LogP contribution in [-0.2, 0) is 13.4 Å². The number of para-hydroxylation sites is 1. The van der Waals surface area contributed by atoms with Gasteiger partial charge in [0.25, 0.3) is 0 Å². The fourth-order valence-electron chi connectivity index (χ4n) is 1.39. The van der Waals surface area contributed by atoms with Gasteiger partial charge in [0.15, 0.2) is 0 Å². The summed E-state index contributed by atoms with van der Waals surface area (Å²) in [5.74, 6) is 0.397. The minimum atomic E-state index is -3.62. The van der Waals surface area contributed by atoms with Gasteiger partial charge in [-0.2, -0.15) is 0 Å².